The van der Waals surface area contributed by atoms with Gasteiger partial charge < -0.3 is 5.11 Å². The molecule has 0 aliphatic rings. The van der Waals surface area contributed by atoms with Gasteiger partial charge in [-0.2, -0.15) is 5.10 Å². The topological polar surface area (TPSA) is 68.0 Å². The highest BCUT2D eigenvalue weighted by Gasteiger charge is 2.06. The lowest BCUT2D eigenvalue weighted by atomic mass is 10.4. The molecule has 7 heteroatoms. The van der Waals surface area contributed by atoms with Crippen LogP contribution in [0.3, 0.4) is 0 Å². The van der Waals surface area contributed by atoms with Crippen LogP contribution < -0.4 is 0 Å². The van der Waals surface area contributed by atoms with Crippen LogP contribution in [0.15, 0.2) is 22.9 Å². The molecule has 15 heavy (non-hydrogen) atoms. The van der Waals surface area contributed by atoms with Gasteiger partial charge in [-0.15, -0.1) is 12.4 Å². The van der Waals surface area contributed by atoms with Crippen LogP contribution >= 0.6 is 28.3 Å². The van der Waals surface area contributed by atoms with Crippen molar-refractivity contribution in [1.29, 1.82) is 0 Å². The fourth-order valence-corrected chi connectivity index (χ4v) is 1.52. The summed E-state index contributed by atoms with van der Waals surface area (Å²) in [5, 5.41) is 12.5. The third-order valence-electron chi connectivity index (χ3n) is 1.75. The lowest BCUT2D eigenvalue weighted by molar-refractivity contribution is -0.137. The molecule has 2 rings (SSSR count). The van der Waals surface area contributed by atoms with Gasteiger partial charge in [-0.3, -0.25) is 9.48 Å². The maximum Gasteiger partial charge on any atom is 0.325 e. The first-order valence-corrected chi connectivity index (χ1v) is 4.66. The van der Waals surface area contributed by atoms with Crippen molar-refractivity contribution < 1.29 is 9.90 Å². The molecular formula is C8H7BrClN3O2. The minimum atomic E-state index is -0.919. The number of fused-ring (bicyclic) bond motifs is 1. The highest BCUT2D eigenvalue weighted by Crippen LogP contribution is 2.14. The Morgan fingerprint density at radius 3 is 2.93 bits per heavy atom. The van der Waals surface area contributed by atoms with Crippen LogP contribution in [0.4, 0.5) is 0 Å². The SMILES string of the molecule is Cl.O=C(O)Cn1ncc2nc(Br)ccc21. The average molecular weight is 293 g/mol. The predicted molar refractivity (Wildman–Crippen MR) is 60.1 cm³/mol. The molecule has 0 spiro atoms. The van der Waals surface area contributed by atoms with Crippen LogP contribution in [0.2, 0.25) is 0 Å². The van der Waals surface area contributed by atoms with Crippen LogP contribution in [0.25, 0.3) is 11.0 Å². The lowest BCUT2D eigenvalue weighted by Gasteiger charge is -1.97. The van der Waals surface area contributed by atoms with Crippen molar-refractivity contribution in [2.75, 3.05) is 0 Å². The number of halogens is 2. The Morgan fingerprint density at radius 1 is 1.53 bits per heavy atom. The van der Waals surface area contributed by atoms with Crippen LogP contribution in [0.1, 0.15) is 0 Å². The maximum atomic E-state index is 10.5. The molecule has 0 fully saturated rings. The molecule has 0 radical (unpaired) electrons. The molecule has 0 unspecified atom stereocenters. The average Bonchev–Trinajstić information content (AvgIpc) is 2.47. The summed E-state index contributed by atoms with van der Waals surface area (Å²) < 4.78 is 2.11. The van der Waals surface area contributed by atoms with Crippen molar-refractivity contribution in [3.05, 3.63) is 22.9 Å². The lowest BCUT2D eigenvalue weighted by Crippen LogP contribution is -2.09. The summed E-state index contributed by atoms with van der Waals surface area (Å²) in [6.45, 7) is -0.146. The van der Waals surface area contributed by atoms with E-state index >= 15 is 0 Å². The van der Waals surface area contributed by atoms with Crippen molar-refractivity contribution >= 4 is 45.3 Å². The van der Waals surface area contributed by atoms with E-state index < -0.39 is 5.97 Å². The summed E-state index contributed by atoms with van der Waals surface area (Å²) in [5.74, 6) is -0.919. The van der Waals surface area contributed by atoms with Crippen LogP contribution in [0, 0.1) is 0 Å². The van der Waals surface area contributed by atoms with E-state index in [9.17, 15) is 4.79 Å². The van der Waals surface area contributed by atoms with E-state index in [1.165, 1.54) is 4.68 Å². The molecule has 2 aromatic heterocycles. The molecule has 0 saturated carbocycles. The standard InChI is InChI=1S/C8H6BrN3O2.ClH/c9-7-2-1-6-5(11-7)3-10-12(6)4-8(13)14;/h1-3H,4H2,(H,13,14);1H. The minimum Gasteiger partial charge on any atom is -0.480 e. The number of hydrogen-bond donors (Lipinski definition) is 1. The van der Waals surface area contributed by atoms with Gasteiger partial charge in [0.15, 0.2) is 0 Å². The summed E-state index contributed by atoms with van der Waals surface area (Å²) in [4.78, 5) is 14.6. The Hall–Kier alpha value is -1.14. The summed E-state index contributed by atoms with van der Waals surface area (Å²) in [6.07, 6.45) is 1.54. The Kier molecular flexibility index (Phi) is 3.65. The van der Waals surface area contributed by atoms with Gasteiger partial charge in [-0.05, 0) is 28.1 Å². The zero-order chi connectivity index (χ0) is 10.1. The smallest absolute Gasteiger partial charge is 0.325 e. The normalized spacial score (nSPS) is 9.93. The third kappa shape index (κ3) is 2.45. The van der Waals surface area contributed by atoms with E-state index in [0.717, 1.165) is 5.52 Å². The molecule has 0 aliphatic carbocycles. The van der Waals surface area contributed by atoms with Gasteiger partial charge in [0.1, 0.15) is 16.7 Å². The van der Waals surface area contributed by atoms with E-state index in [0.29, 0.717) is 10.1 Å². The fraction of sp³-hybridized carbons (Fsp3) is 0.125. The Bertz CT molecular complexity index is 500. The molecule has 1 N–H and O–H groups in total. The van der Waals surface area contributed by atoms with Crippen LogP contribution in [-0.4, -0.2) is 25.8 Å². The predicted octanol–water partition coefficient (Wildman–Crippen LogP) is 1.70. The first kappa shape index (κ1) is 11.9. The third-order valence-corrected chi connectivity index (χ3v) is 2.19. The van der Waals surface area contributed by atoms with Crippen LogP contribution in [0.5, 0.6) is 0 Å². The quantitative estimate of drug-likeness (QED) is 0.856. The van der Waals surface area contributed by atoms with Gasteiger partial charge >= 0.3 is 5.97 Å². The largest absolute Gasteiger partial charge is 0.480 e. The minimum absolute atomic E-state index is 0. The van der Waals surface area contributed by atoms with E-state index in [4.69, 9.17) is 5.11 Å². The number of pyridine rings is 1. The number of carboxylic acids is 1. The van der Waals surface area contributed by atoms with Crippen molar-refractivity contribution in [3.63, 3.8) is 0 Å². The van der Waals surface area contributed by atoms with Gasteiger partial charge in [-0.1, -0.05) is 0 Å². The van der Waals surface area contributed by atoms with Crippen molar-refractivity contribution in [1.82, 2.24) is 14.8 Å². The number of hydrogen-bond acceptors (Lipinski definition) is 3. The molecule has 0 bridgehead atoms. The Labute approximate surface area is 99.6 Å². The molecule has 0 amide bonds. The van der Waals surface area contributed by atoms with Crippen molar-refractivity contribution in [2.45, 2.75) is 6.54 Å². The van der Waals surface area contributed by atoms with E-state index in [1.54, 1.807) is 18.3 Å². The number of carbonyl (C=O) groups is 1. The van der Waals surface area contributed by atoms with Gasteiger partial charge in [-0.25, -0.2) is 4.98 Å². The van der Waals surface area contributed by atoms with E-state index in [2.05, 4.69) is 26.0 Å². The molecule has 0 saturated heterocycles. The summed E-state index contributed by atoms with van der Waals surface area (Å²) in [6, 6.07) is 3.53. The number of carboxylic acid groups (broad SMARTS) is 1. The molecule has 0 aliphatic heterocycles. The van der Waals surface area contributed by atoms with Gasteiger partial charge in [0.05, 0.1) is 11.7 Å². The number of aromatic nitrogens is 3. The maximum absolute atomic E-state index is 10.5. The first-order valence-electron chi connectivity index (χ1n) is 3.86. The molecule has 5 nitrogen and oxygen atoms in total. The second kappa shape index (κ2) is 4.59. The van der Waals surface area contributed by atoms with Crippen molar-refractivity contribution in [2.24, 2.45) is 0 Å². The molecular weight excluding hydrogens is 285 g/mol. The summed E-state index contributed by atoms with van der Waals surface area (Å²) in [7, 11) is 0. The Morgan fingerprint density at radius 2 is 2.27 bits per heavy atom. The number of aliphatic carboxylic acids is 1. The fourth-order valence-electron chi connectivity index (χ4n) is 1.20. The second-order valence-electron chi connectivity index (χ2n) is 2.73. The van der Waals surface area contributed by atoms with Gasteiger partial charge in [0.25, 0.3) is 0 Å². The van der Waals surface area contributed by atoms with Gasteiger partial charge in [0.2, 0.25) is 0 Å². The summed E-state index contributed by atoms with van der Waals surface area (Å²) >= 11 is 3.23. The molecule has 80 valence electrons. The van der Waals surface area contributed by atoms with E-state index in [1.807, 2.05) is 0 Å². The molecule has 0 aromatic carbocycles. The highest BCUT2D eigenvalue weighted by atomic mass is 79.9. The second-order valence-corrected chi connectivity index (χ2v) is 3.55. The molecule has 0 atom stereocenters. The Balaban J connectivity index is 0.00000112. The van der Waals surface area contributed by atoms with E-state index in [-0.39, 0.29) is 19.0 Å². The molecule has 2 heterocycles. The first-order chi connectivity index (χ1) is 6.66. The van der Waals surface area contributed by atoms with Gasteiger partial charge in [0, 0.05) is 0 Å². The zero-order valence-electron chi connectivity index (χ0n) is 7.42. The zero-order valence-corrected chi connectivity index (χ0v) is 9.82. The number of nitrogens with zero attached hydrogens (tertiary/aromatic N) is 3. The van der Waals surface area contributed by atoms with Crippen LogP contribution in [-0.2, 0) is 11.3 Å². The summed E-state index contributed by atoms with van der Waals surface area (Å²) in [5.41, 5.74) is 1.40. The van der Waals surface area contributed by atoms with Crippen molar-refractivity contribution in [3.8, 4) is 0 Å². The highest BCUT2D eigenvalue weighted by molar-refractivity contribution is 9.10. The molecule has 2 aromatic rings. The number of rotatable bonds is 2. The monoisotopic (exact) mass is 291 g/mol.